The summed E-state index contributed by atoms with van der Waals surface area (Å²) in [5.74, 6) is -0.255. The second kappa shape index (κ2) is 10.9. The van der Waals surface area contributed by atoms with Crippen molar-refractivity contribution in [2.75, 3.05) is 24.3 Å². The van der Waals surface area contributed by atoms with Gasteiger partial charge in [-0.25, -0.2) is 12.8 Å². The van der Waals surface area contributed by atoms with Crippen molar-refractivity contribution < 1.29 is 31.8 Å². The number of carbonyl (C=O) groups is 1. The first-order valence-electron chi connectivity index (χ1n) is 10.3. The van der Waals surface area contributed by atoms with Crippen LogP contribution < -0.4 is 24.2 Å². The zero-order valence-corrected chi connectivity index (χ0v) is 19.7. The third-order valence-corrected chi connectivity index (χ3v) is 6.24. The summed E-state index contributed by atoms with van der Waals surface area (Å²) >= 11 is 0. The Bertz CT molecular complexity index is 1250. The smallest absolute Gasteiger partial charge is 0.265 e. The number of methoxy groups -OCH3 is 2. The zero-order valence-electron chi connectivity index (χ0n) is 18.9. The predicted molar refractivity (Wildman–Crippen MR) is 127 cm³/mol. The zero-order chi connectivity index (χ0) is 24.7. The lowest BCUT2D eigenvalue weighted by Crippen LogP contribution is -2.32. The van der Waals surface area contributed by atoms with Crippen LogP contribution in [-0.4, -0.2) is 34.6 Å². The van der Waals surface area contributed by atoms with Crippen LogP contribution in [0.25, 0.3) is 0 Å². The first-order valence-corrected chi connectivity index (χ1v) is 11.8. The Kier molecular flexibility index (Phi) is 7.95. The summed E-state index contributed by atoms with van der Waals surface area (Å²) in [6.45, 7) is 1.74. The fraction of sp³-hybridized carbons (Fsp3) is 0.208. The van der Waals surface area contributed by atoms with E-state index in [2.05, 4.69) is 10.0 Å². The molecule has 0 aromatic heterocycles. The highest BCUT2D eigenvalue weighted by molar-refractivity contribution is 7.92. The molecule has 0 heterocycles. The van der Waals surface area contributed by atoms with E-state index in [-0.39, 0.29) is 16.3 Å². The summed E-state index contributed by atoms with van der Waals surface area (Å²) in [5, 5.41) is 2.66. The monoisotopic (exact) mass is 488 g/mol. The third-order valence-electron chi connectivity index (χ3n) is 4.85. The molecule has 0 bridgehead atoms. The summed E-state index contributed by atoms with van der Waals surface area (Å²) < 4.78 is 57.8. The van der Waals surface area contributed by atoms with Crippen molar-refractivity contribution >= 4 is 27.3 Å². The van der Waals surface area contributed by atoms with Crippen LogP contribution >= 0.6 is 0 Å². The van der Waals surface area contributed by atoms with E-state index in [0.717, 1.165) is 0 Å². The molecule has 3 aromatic carbocycles. The summed E-state index contributed by atoms with van der Waals surface area (Å²) in [4.78, 5) is 12.6. The van der Waals surface area contributed by atoms with E-state index in [1.54, 1.807) is 25.1 Å². The number of amides is 1. The van der Waals surface area contributed by atoms with Gasteiger partial charge in [0.25, 0.3) is 15.9 Å². The first-order chi connectivity index (χ1) is 16.3. The van der Waals surface area contributed by atoms with Crippen LogP contribution in [0.2, 0.25) is 0 Å². The van der Waals surface area contributed by atoms with Crippen molar-refractivity contribution in [3.8, 4) is 17.2 Å². The van der Waals surface area contributed by atoms with Crippen molar-refractivity contribution in [2.45, 2.75) is 24.3 Å². The molecule has 0 saturated heterocycles. The van der Waals surface area contributed by atoms with Gasteiger partial charge in [0, 0.05) is 11.8 Å². The van der Waals surface area contributed by atoms with Gasteiger partial charge in [-0.15, -0.1) is 0 Å². The fourth-order valence-corrected chi connectivity index (χ4v) is 4.11. The molecule has 0 fully saturated rings. The second-order valence-electron chi connectivity index (χ2n) is 7.13. The number of para-hydroxylation sites is 1. The van der Waals surface area contributed by atoms with E-state index in [0.29, 0.717) is 23.6 Å². The number of ether oxygens (including phenoxy) is 3. The Morgan fingerprint density at radius 3 is 2.29 bits per heavy atom. The maximum absolute atomic E-state index is 13.8. The first kappa shape index (κ1) is 24.8. The van der Waals surface area contributed by atoms with Crippen LogP contribution in [0.15, 0.2) is 71.6 Å². The summed E-state index contributed by atoms with van der Waals surface area (Å²) in [7, 11) is -1.01. The second-order valence-corrected chi connectivity index (χ2v) is 8.81. The minimum Gasteiger partial charge on any atom is -0.497 e. The van der Waals surface area contributed by atoms with Gasteiger partial charge in [0.15, 0.2) is 17.7 Å². The van der Waals surface area contributed by atoms with Gasteiger partial charge >= 0.3 is 0 Å². The number of carbonyl (C=O) groups excluding carboxylic acids is 1. The Balaban J connectivity index is 1.70. The molecule has 34 heavy (non-hydrogen) atoms. The van der Waals surface area contributed by atoms with Gasteiger partial charge in [0.2, 0.25) is 0 Å². The van der Waals surface area contributed by atoms with Crippen LogP contribution in [0, 0.1) is 5.82 Å². The molecule has 8 nitrogen and oxygen atoms in total. The molecule has 0 unspecified atom stereocenters. The highest BCUT2D eigenvalue weighted by atomic mass is 32.2. The minimum absolute atomic E-state index is 0.0157. The predicted octanol–water partition coefficient (Wildman–Crippen LogP) is 4.44. The van der Waals surface area contributed by atoms with Gasteiger partial charge in [0.05, 0.1) is 24.8 Å². The number of hydrogen-bond acceptors (Lipinski definition) is 6. The number of halogens is 1. The molecule has 2 N–H and O–H groups in total. The average molecular weight is 489 g/mol. The van der Waals surface area contributed by atoms with Gasteiger partial charge in [0.1, 0.15) is 11.5 Å². The largest absolute Gasteiger partial charge is 0.497 e. The fourth-order valence-electron chi connectivity index (χ4n) is 3.04. The molecular formula is C24H25FN2O6S. The Morgan fingerprint density at radius 2 is 1.68 bits per heavy atom. The van der Waals surface area contributed by atoms with Crippen LogP contribution in [0.3, 0.4) is 0 Å². The molecule has 0 spiro atoms. The molecule has 3 aromatic rings. The van der Waals surface area contributed by atoms with Crippen LogP contribution in [0.5, 0.6) is 17.2 Å². The third kappa shape index (κ3) is 5.96. The van der Waals surface area contributed by atoms with Crippen LogP contribution in [0.4, 0.5) is 15.8 Å². The molecular weight excluding hydrogens is 463 g/mol. The van der Waals surface area contributed by atoms with Crippen molar-refractivity contribution in [1.29, 1.82) is 0 Å². The van der Waals surface area contributed by atoms with Gasteiger partial charge in [-0.05, 0) is 55.0 Å². The lowest BCUT2D eigenvalue weighted by Gasteiger charge is -2.18. The van der Waals surface area contributed by atoms with E-state index in [1.807, 2.05) is 0 Å². The van der Waals surface area contributed by atoms with Crippen LogP contribution in [0.1, 0.15) is 13.3 Å². The van der Waals surface area contributed by atoms with Crippen LogP contribution in [-0.2, 0) is 14.8 Å². The number of rotatable bonds is 10. The van der Waals surface area contributed by atoms with E-state index < -0.39 is 27.9 Å². The molecule has 0 saturated carbocycles. The number of benzene rings is 3. The van der Waals surface area contributed by atoms with Gasteiger partial charge in [-0.1, -0.05) is 19.1 Å². The van der Waals surface area contributed by atoms with Crippen molar-refractivity contribution in [1.82, 2.24) is 0 Å². The quantitative estimate of drug-likeness (QED) is 0.437. The topological polar surface area (TPSA) is 103 Å². The lowest BCUT2D eigenvalue weighted by molar-refractivity contribution is -0.122. The van der Waals surface area contributed by atoms with Gasteiger partial charge in [-0.2, -0.15) is 0 Å². The number of nitrogens with one attached hydrogen (secondary N) is 2. The van der Waals surface area contributed by atoms with Crippen molar-refractivity contribution in [3.63, 3.8) is 0 Å². The molecule has 0 aliphatic heterocycles. The molecule has 1 atom stereocenters. The molecule has 0 aliphatic rings. The SMILES string of the molecule is CC[C@H](Oc1ccccc1F)C(=O)Nc1ccc(S(=O)(=O)Nc2ccc(OC)cc2OC)cc1. The van der Waals surface area contributed by atoms with Gasteiger partial charge in [-0.3, -0.25) is 9.52 Å². The summed E-state index contributed by atoms with van der Waals surface area (Å²) in [6.07, 6.45) is -0.621. The van der Waals surface area contributed by atoms with E-state index in [4.69, 9.17) is 14.2 Å². The lowest BCUT2D eigenvalue weighted by atomic mass is 10.2. The van der Waals surface area contributed by atoms with Gasteiger partial charge < -0.3 is 19.5 Å². The standard InChI is InChI=1S/C24H25FN2O6S/c1-4-21(33-22-8-6-5-7-19(22)25)24(28)26-16-9-12-18(13-10-16)34(29,30)27-20-14-11-17(31-2)15-23(20)32-3/h5-15,21,27H,4H2,1-3H3,(H,26,28)/t21-/m0/s1. The molecule has 10 heteroatoms. The number of sulfonamides is 1. The maximum atomic E-state index is 13.8. The number of hydrogen-bond donors (Lipinski definition) is 2. The average Bonchev–Trinajstić information content (AvgIpc) is 2.83. The maximum Gasteiger partial charge on any atom is 0.265 e. The Morgan fingerprint density at radius 1 is 0.971 bits per heavy atom. The van der Waals surface area contributed by atoms with Crippen molar-refractivity contribution in [3.05, 3.63) is 72.5 Å². The molecule has 1 amide bonds. The normalized spacial score (nSPS) is 11.9. The van der Waals surface area contributed by atoms with E-state index >= 15 is 0 Å². The molecule has 180 valence electrons. The molecule has 0 aliphatic carbocycles. The Labute approximate surface area is 197 Å². The Hall–Kier alpha value is -3.79. The highest BCUT2D eigenvalue weighted by Gasteiger charge is 2.21. The summed E-state index contributed by atoms with van der Waals surface area (Å²) in [5.41, 5.74) is 0.610. The highest BCUT2D eigenvalue weighted by Crippen LogP contribution is 2.31. The number of anilines is 2. The van der Waals surface area contributed by atoms with E-state index in [9.17, 15) is 17.6 Å². The van der Waals surface area contributed by atoms with Crippen molar-refractivity contribution in [2.24, 2.45) is 0 Å². The summed E-state index contributed by atoms with van der Waals surface area (Å²) in [6, 6.07) is 16.1. The molecule has 3 rings (SSSR count). The molecule has 0 radical (unpaired) electrons. The van der Waals surface area contributed by atoms with E-state index in [1.165, 1.54) is 62.8 Å². The minimum atomic E-state index is -3.93.